The highest BCUT2D eigenvalue weighted by Crippen LogP contribution is 2.29. The van der Waals surface area contributed by atoms with Crippen molar-refractivity contribution in [2.24, 2.45) is 0 Å². The molecule has 0 aliphatic carbocycles. The van der Waals surface area contributed by atoms with E-state index in [4.69, 9.17) is 0 Å². The third kappa shape index (κ3) is 3.77. The van der Waals surface area contributed by atoms with Gasteiger partial charge in [-0.25, -0.2) is 4.79 Å². The summed E-state index contributed by atoms with van der Waals surface area (Å²) in [4.78, 5) is 11.5. The third-order valence-electron chi connectivity index (χ3n) is 1.68. The number of halogens is 3. The van der Waals surface area contributed by atoms with Crippen LogP contribution in [0.25, 0.3) is 0 Å². The van der Waals surface area contributed by atoms with Crippen LogP contribution in [0, 0.1) is 0 Å². The van der Waals surface area contributed by atoms with Gasteiger partial charge < -0.3 is 4.74 Å². The van der Waals surface area contributed by atoms with Crippen molar-refractivity contribution in [1.82, 2.24) is 0 Å². The lowest BCUT2D eigenvalue weighted by atomic mass is 10.2. The second-order valence-electron chi connectivity index (χ2n) is 2.89. The van der Waals surface area contributed by atoms with Crippen LogP contribution < -0.4 is 0 Å². The van der Waals surface area contributed by atoms with Gasteiger partial charge in [0.25, 0.3) is 0 Å². The molecule has 0 atom stereocenters. The first-order chi connectivity index (χ1) is 7.44. The topological polar surface area (TPSA) is 26.3 Å². The Hall–Kier alpha value is -1.17. The number of esters is 1. The number of benzene rings is 1. The molecule has 2 nitrogen and oxygen atoms in total. The van der Waals surface area contributed by atoms with Crippen molar-refractivity contribution >= 4 is 17.7 Å². The molecule has 1 aromatic rings. The second kappa shape index (κ2) is 5.25. The molecule has 1 rings (SSSR count). The number of ether oxygens (including phenoxy) is 1. The summed E-state index contributed by atoms with van der Waals surface area (Å²) in [6.45, 7) is 0. The van der Waals surface area contributed by atoms with Crippen molar-refractivity contribution in [3.05, 3.63) is 29.8 Å². The number of carbonyl (C=O) groups excluding carboxylic acids is 1. The van der Waals surface area contributed by atoms with Crippen molar-refractivity contribution < 1.29 is 22.7 Å². The van der Waals surface area contributed by atoms with Crippen LogP contribution in [0.5, 0.6) is 0 Å². The maximum Gasteiger partial charge on any atom is 0.398 e. The van der Waals surface area contributed by atoms with E-state index in [0.29, 0.717) is 11.8 Å². The Labute approximate surface area is 94.8 Å². The number of methoxy groups -OCH3 is 1. The van der Waals surface area contributed by atoms with Gasteiger partial charge in [-0.05, 0) is 12.1 Å². The van der Waals surface area contributed by atoms with E-state index < -0.39 is 17.9 Å². The van der Waals surface area contributed by atoms with Crippen LogP contribution in [0.1, 0.15) is 10.4 Å². The summed E-state index contributed by atoms with van der Waals surface area (Å²) in [6, 6.07) is 6.04. The Morgan fingerprint density at radius 3 is 2.56 bits per heavy atom. The van der Waals surface area contributed by atoms with Crippen molar-refractivity contribution in [3.8, 4) is 0 Å². The maximum atomic E-state index is 12.0. The summed E-state index contributed by atoms with van der Waals surface area (Å²) >= 11 is 0.572. The minimum atomic E-state index is -4.26. The normalized spacial score (nSPS) is 11.2. The monoisotopic (exact) mass is 250 g/mol. The van der Waals surface area contributed by atoms with E-state index in [2.05, 4.69) is 4.74 Å². The standard InChI is InChI=1S/C10H9F3O2S/c1-15-9(14)7-4-2-3-5-8(7)16-6-10(11,12)13/h2-5H,6H2,1H3. The van der Waals surface area contributed by atoms with Crippen molar-refractivity contribution in [1.29, 1.82) is 0 Å². The lowest BCUT2D eigenvalue weighted by Crippen LogP contribution is -2.11. The number of hydrogen-bond acceptors (Lipinski definition) is 3. The molecule has 6 heteroatoms. The number of alkyl halides is 3. The summed E-state index contributed by atoms with van der Waals surface area (Å²) in [5.74, 6) is -1.66. The summed E-state index contributed by atoms with van der Waals surface area (Å²) in [7, 11) is 1.19. The van der Waals surface area contributed by atoms with Crippen molar-refractivity contribution in [3.63, 3.8) is 0 Å². The molecule has 0 unspecified atom stereocenters. The average Bonchev–Trinajstić information content (AvgIpc) is 2.25. The van der Waals surface area contributed by atoms with Crippen LogP contribution in [-0.2, 0) is 4.74 Å². The lowest BCUT2D eigenvalue weighted by Gasteiger charge is -2.08. The molecule has 0 aromatic heterocycles. The first-order valence-corrected chi connectivity index (χ1v) is 5.29. The number of hydrogen-bond donors (Lipinski definition) is 0. The zero-order valence-corrected chi connectivity index (χ0v) is 9.19. The van der Waals surface area contributed by atoms with Gasteiger partial charge in [-0.15, -0.1) is 11.8 Å². The largest absolute Gasteiger partial charge is 0.465 e. The van der Waals surface area contributed by atoms with Gasteiger partial charge in [-0.1, -0.05) is 12.1 Å². The van der Waals surface area contributed by atoms with Gasteiger partial charge in [0, 0.05) is 4.90 Å². The highest BCUT2D eigenvalue weighted by molar-refractivity contribution is 7.99. The van der Waals surface area contributed by atoms with Gasteiger partial charge in [-0.3, -0.25) is 0 Å². The summed E-state index contributed by atoms with van der Waals surface area (Å²) in [5.41, 5.74) is 0.152. The Bertz CT molecular complexity index is 377. The van der Waals surface area contributed by atoms with E-state index >= 15 is 0 Å². The predicted octanol–water partition coefficient (Wildman–Crippen LogP) is 3.13. The molecule has 0 aliphatic rings. The van der Waals surface area contributed by atoms with Gasteiger partial charge in [-0.2, -0.15) is 13.2 Å². The Morgan fingerprint density at radius 1 is 1.38 bits per heavy atom. The Morgan fingerprint density at radius 2 is 2.00 bits per heavy atom. The highest BCUT2D eigenvalue weighted by Gasteiger charge is 2.28. The summed E-state index contributed by atoms with van der Waals surface area (Å²) < 4.78 is 40.5. The predicted molar refractivity (Wildman–Crippen MR) is 54.6 cm³/mol. The number of rotatable bonds is 3. The van der Waals surface area contributed by atoms with Crippen LogP contribution in [0.3, 0.4) is 0 Å². The average molecular weight is 250 g/mol. The number of thioether (sulfide) groups is 1. The zero-order valence-electron chi connectivity index (χ0n) is 8.38. The maximum absolute atomic E-state index is 12.0. The lowest BCUT2D eigenvalue weighted by molar-refractivity contribution is -0.105. The molecule has 1 aromatic carbocycles. The van der Waals surface area contributed by atoms with Gasteiger partial charge in [0.15, 0.2) is 0 Å². The fourth-order valence-electron chi connectivity index (χ4n) is 1.03. The van der Waals surface area contributed by atoms with Gasteiger partial charge in [0.1, 0.15) is 0 Å². The molecule has 16 heavy (non-hydrogen) atoms. The quantitative estimate of drug-likeness (QED) is 0.609. The van der Waals surface area contributed by atoms with E-state index in [1.807, 2.05) is 0 Å². The summed E-state index contributed by atoms with van der Waals surface area (Å²) in [5, 5.41) is 0. The van der Waals surface area contributed by atoms with E-state index in [-0.39, 0.29) is 10.5 Å². The molecule has 0 N–H and O–H groups in total. The Kier molecular flexibility index (Phi) is 4.23. The first-order valence-electron chi connectivity index (χ1n) is 4.31. The molecule has 0 spiro atoms. The van der Waals surface area contributed by atoms with Crippen LogP contribution in [0.4, 0.5) is 13.2 Å². The van der Waals surface area contributed by atoms with Crippen molar-refractivity contribution in [2.75, 3.05) is 12.9 Å². The molecule has 0 fully saturated rings. The fourth-order valence-corrected chi connectivity index (χ4v) is 1.83. The van der Waals surface area contributed by atoms with Crippen molar-refractivity contribution in [2.45, 2.75) is 11.1 Å². The van der Waals surface area contributed by atoms with Gasteiger partial charge >= 0.3 is 12.1 Å². The molecule has 0 aliphatic heterocycles. The molecule has 0 heterocycles. The van der Waals surface area contributed by atoms with E-state index in [1.54, 1.807) is 12.1 Å². The van der Waals surface area contributed by atoms with Crippen LogP contribution in [0.15, 0.2) is 29.2 Å². The molecule has 0 amide bonds. The second-order valence-corrected chi connectivity index (χ2v) is 3.91. The summed E-state index contributed by atoms with van der Waals surface area (Å²) in [6.07, 6.45) is -4.26. The molecule has 0 saturated heterocycles. The van der Waals surface area contributed by atoms with Gasteiger partial charge in [0.05, 0.1) is 18.4 Å². The Balaban J connectivity index is 2.83. The molecule has 0 bridgehead atoms. The van der Waals surface area contributed by atoms with Crippen LogP contribution in [-0.4, -0.2) is 25.0 Å². The van der Waals surface area contributed by atoms with Crippen LogP contribution >= 0.6 is 11.8 Å². The molecular weight excluding hydrogens is 241 g/mol. The highest BCUT2D eigenvalue weighted by atomic mass is 32.2. The SMILES string of the molecule is COC(=O)c1ccccc1SCC(F)(F)F. The van der Waals surface area contributed by atoms with Crippen LogP contribution in [0.2, 0.25) is 0 Å². The third-order valence-corrected chi connectivity index (χ3v) is 2.82. The minimum Gasteiger partial charge on any atom is -0.465 e. The number of carbonyl (C=O) groups is 1. The molecule has 0 saturated carbocycles. The molecule has 0 radical (unpaired) electrons. The minimum absolute atomic E-state index is 0.152. The van der Waals surface area contributed by atoms with Gasteiger partial charge in [0.2, 0.25) is 0 Å². The van der Waals surface area contributed by atoms with E-state index in [9.17, 15) is 18.0 Å². The van der Waals surface area contributed by atoms with E-state index in [1.165, 1.54) is 19.2 Å². The fraction of sp³-hybridized carbons (Fsp3) is 0.300. The zero-order chi connectivity index (χ0) is 12.2. The molecular formula is C10H9F3O2S. The van der Waals surface area contributed by atoms with E-state index in [0.717, 1.165) is 0 Å². The smallest absolute Gasteiger partial charge is 0.398 e. The first kappa shape index (κ1) is 12.9. The molecule has 88 valence electrons.